The molecule has 0 spiro atoms. The first-order chi connectivity index (χ1) is 13.2. The number of carbonyl (C=O) groups is 1. The van der Waals surface area contributed by atoms with Crippen LogP contribution in [0.15, 0.2) is 34.2 Å². The van der Waals surface area contributed by atoms with Crippen molar-refractivity contribution in [3.05, 3.63) is 41.2 Å². The summed E-state index contributed by atoms with van der Waals surface area (Å²) in [6.45, 7) is 2.56. The molecule has 1 fully saturated rings. The maximum Gasteiger partial charge on any atom is 0.227 e. The lowest BCUT2D eigenvalue weighted by Crippen LogP contribution is -2.12. The van der Waals surface area contributed by atoms with Crippen molar-refractivity contribution in [3.63, 3.8) is 0 Å². The van der Waals surface area contributed by atoms with Crippen LogP contribution in [-0.2, 0) is 11.2 Å². The smallest absolute Gasteiger partial charge is 0.227 e. The third kappa shape index (κ3) is 4.51. The van der Waals surface area contributed by atoms with Crippen molar-refractivity contribution < 1.29 is 14.1 Å². The predicted octanol–water partition coefficient (Wildman–Crippen LogP) is 4.04. The number of ether oxygens (including phenoxy) is 1. The van der Waals surface area contributed by atoms with Crippen molar-refractivity contribution in [2.45, 2.75) is 38.5 Å². The largest absolute Gasteiger partial charge is 0.494 e. The van der Waals surface area contributed by atoms with Gasteiger partial charge in [0.1, 0.15) is 5.75 Å². The third-order valence-corrected chi connectivity index (χ3v) is 5.00. The molecule has 7 nitrogen and oxygen atoms in total. The molecule has 0 radical (unpaired) electrons. The normalized spacial score (nSPS) is 13.5. The van der Waals surface area contributed by atoms with Gasteiger partial charge in [-0.2, -0.15) is 4.98 Å². The summed E-state index contributed by atoms with van der Waals surface area (Å²) < 4.78 is 10.7. The number of carbonyl (C=O) groups excluding carboxylic acids is 1. The second kappa shape index (κ2) is 7.87. The average molecular weight is 384 g/mol. The van der Waals surface area contributed by atoms with E-state index < -0.39 is 0 Å². The quantitative estimate of drug-likeness (QED) is 0.630. The first kappa shape index (κ1) is 17.7. The Morgan fingerprint density at radius 1 is 1.30 bits per heavy atom. The second-order valence-electron chi connectivity index (χ2n) is 6.37. The molecule has 1 amide bonds. The lowest BCUT2D eigenvalue weighted by atomic mass is 10.2. The highest BCUT2D eigenvalue weighted by atomic mass is 32.1. The van der Waals surface area contributed by atoms with E-state index in [9.17, 15) is 4.79 Å². The number of thiazole rings is 1. The van der Waals surface area contributed by atoms with Gasteiger partial charge in [0, 0.05) is 29.7 Å². The topological polar surface area (TPSA) is 90.1 Å². The highest BCUT2D eigenvalue weighted by molar-refractivity contribution is 7.13. The number of aromatic nitrogens is 3. The summed E-state index contributed by atoms with van der Waals surface area (Å²) in [7, 11) is 0. The molecule has 2 aromatic heterocycles. The van der Waals surface area contributed by atoms with Crippen LogP contribution in [0.25, 0.3) is 11.4 Å². The van der Waals surface area contributed by atoms with Crippen molar-refractivity contribution >= 4 is 22.4 Å². The Labute approximate surface area is 160 Å². The minimum absolute atomic E-state index is 0.104. The van der Waals surface area contributed by atoms with E-state index >= 15 is 0 Å². The summed E-state index contributed by atoms with van der Waals surface area (Å²) in [5.74, 6) is 2.22. The lowest BCUT2D eigenvalue weighted by Gasteiger charge is -2.02. The van der Waals surface area contributed by atoms with Gasteiger partial charge in [-0.05, 0) is 44.0 Å². The van der Waals surface area contributed by atoms with Gasteiger partial charge >= 0.3 is 0 Å². The minimum Gasteiger partial charge on any atom is -0.494 e. The number of rotatable bonds is 8. The van der Waals surface area contributed by atoms with Crippen LogP contribution in [0.5, 0.6) is 5.75 Å². The Bertz CT molecular complexity index is 915. The van der Waals surface area contributed by atoms with Crippen molar-refractivity contribution in [1.82, 2.24) is 15.1 Å². The molecule has 1 saturated carbocycles. The van der Waals surface area contributed by atoms with Crippen LogP contribution in [0.3, 0.4) is 0 Å². The van der Waals surface area contributed by atoms with Crippen molar-refractivity contribution in [2.24, 2.45) is 0 Å². The Morgan fingerprint density at radius 2 is 2.11 bits per heavy atom. The third-order valence-electron chi connectivity index (χ3n) is 4.22. The van der Waals surface area contributed by atoms with Gasteiger partial charge in [0.2, 0.25) is 17.6 Å². The van der Waals surface area contributed by atoms with E-state index in [-0.39, 0.29) is 12.3 Å². The van der Waals surface area contributed by atoms with Crippen LogP contribution in [0.1, 0.15) is 43.7 Å². The summed E-state index contributed by atoms with van der Waals surface area (Å²) in [5, 5.41) is 9.50. The van der Waals surface area contributed by atoms with E-state index in [1.807, 2.05) is 36.6 Å². The highest BCUT2D eigenvalue weighted by Gasteiger charge is 2.26. The van der Waals surface area contributed by atoms with E-state index in [1.54, 1.807) is 0 Å². The number of hydrogen-bond acceptors (Lipinski definition) is 7. The number of aryl methyl sites for hydroxylation is 1. The molecule has 3 aromatic rings. The minimum atomic E-state index is -0.104. The molecule has 1 aromatic carbocycles. The first-order valence-corrected chi connectivity index (χ1v) is 9.90. The Hall–Kier alpha value is -2.74. The van der Waals surface area contributed by atoms with Crippen molar-refractivity contribution in [1.29, 1.82) is 0 Å². The zero-order valence-corrected chi connectivity index (χ0v) is 15.8. The molecule has 0 bridgehead atoms. The molecular formula is C19H20N4O3S. The molecule has 27 heavy (non-hydrogen) atoms. The monoisotopic (exact) mass is 384 g/mol. The van der Waals surface area contributed by atoms with Crippen LogP contribution in [0, 0.1) is 0 Å². The van der Waals surface area contributed by atoms with E-state index in [0.29, 0.717) is 35.8 Å². The fourth-order valence-electron chi connectivity index (χ4n) is 2.65. The molecule has 0 atom stereocenters. The van der Waals surface area contributed by atoms with Crippen molar-refractivity contribution in [2.75, 3.05) is 11.9 Å². The molecule has 0 unspecified atom stereocenters. The number of hydrogen-bond donors (Lipinski definition) is 1. The van der Waals surface area contributed by atoms with Crippen LogP contribution in [0.4, 0.5) is 5.13 Å². The number of nitrogens with one attached hydrogen (secondary N) is 1. The standard InChI is InChI=1S/C19H20N4O3S/c1-2-25-14-7-5-13(6-8-14)18-22-17(26-23-18)10-9-16(24)21-19-20-15(11-27-19)12-3-4-12/h5-8,11-12H,2-4,9-10H2,1H3,(H,20,21,24). The maximum absolute atomic E-state index is 12.1. The van der Waals surface area contributed by atoms with Gasteiger partial charge in [-0.15, -0.1) is 11.3 Å². The fraction of sp³-hybridized carbons (Fsp3) is 0.368. The summed E-state index contributed by atoms with van der Waals surface area (Å²) in [5.41, 5.74) is 1.93. The second-order valence-corrected chi connectivity index (χ2v) is 7.23. The molecule has 0 aliphatic heterocycles. The number of amides is 1. The van der Waals surface area contributed by atoms with Gasteiger partial charge in [-0.3, -0.25) is 4.79 Å². The van der Waals surface area contributed by atoms with E-state index in [2.05, 4.69) is 20.4 Å². The van der Waals surface area contributed by atoms with Gasteiger partial charge in [0.25, 0.3) is 0 Å². The van der Waals surface area contributed by atoms with Crippen molar-refractivity contribution in [3.8, 4) is 17.1 Å². The van der Waals surface area contributed by atoms with Gasteiger partial charge in [-0.25, -0.2) is 4.98 Å². The molecular weight excluding hydrogens is 364 g/mol. The van der Waals surface area contributed by atoms with Crippen LogP contribution in [-0.4, -0.2) is 27.6 Å². The summed E-state index contributed by atoms with van der Waals surface area (Å²) >= 11 is 1.47. The molecule has 140 valence electrons. The van der Waals surface area contributed by atoms with Gasteiger partial charge in [-0.1, -0.05) is 5.16 Å². The van der Waals surface area contributed by atoms with Crippen LogP contribution >= 0.6 is 11.3 Å². The molecule has 1 aliphatic rings. The zero-order chi connectivity index (χ0) is 18.6. The lowest BCUT2D eigenvalue weighted by molar-refractivity contribution is -0.116. The molecule has 1 N–H and O–H groups in total. The number of anilines is 1. The number of benzene rings is 1. The molecule has 2 heterocycles. The predicted molar refractivity (Wildman–Crippen MR) is 102 cm³/mol. The Morgan fingerprint density at radius 3 is 2.85 bits per heavy atom. The van der Waals surface area contributed by atoms with E-state index in [1.165, 1.54) is 24.2 Å². The summed E-state index contributed by atoms with van der Waals surface area (Å²) in [6.07, 6.45) is 3.05. The SMILES string of the molecule is CCOc1ccc(-c2noc(CCC(=O)Nc3nc(C4CC4)cs3)n2)cc1. The van der Waals surface area contributed by atoms with Gasteiger partial charge in [0.15, 0.2) is 5.13 Å². The summed E-state index contributed by atoms with van der Waals surface area (Å²) in [6, 6.07) is 7.50. The van der Waals surface area contributed by atoms with Crippen LogP contribution in [0.2, 0.25) is 0 Å². The highest BCUT2D eigenvalue weighted by Crippen LogP contribution is 2.40. The molecule has 8 heteroatoms. The van der Waals surface area contributed by atoms with Gasteiger partial charge in [0.05, 0.1) is 12.3 Å². The Balaban J connectivity index is 1.30. The van der Waals surface area contributed by atoms with E-state index in [4.69, 9.17) is 9.26 Å². The van der Waals surface area contributed by atoms with Gasteiger partial charge < -0.3 is 14.6 Å². The molecule has 4 rings (SSSR count). The zero-order valence-electron chi connectivity index (χ0n) is 15.0. The summed E-state index contributed by atoms with van der Waals surface area (Å²) in [4.78, 5) is 20.9. The number of nitrogens with zero attached hydrogens (tertiary/aromatic N) is 3. The maximum atomic E-state index is 12.1. The molecule has 1 aliphatic carbocycles. The Kier molecular flexibility index (Phi) is 5.15. The van der Waals surface area contributed by atoms with E-state index in [0.717, 1.165) is 17.0 Å². The van der Waals surface area contributed by atoms with Crippen LogP contribution < -0.4 is 10.1 Å². The molecule has 0 saturated heterocycles. The first-order valence-electron chi connectivity index (χ1n) is 9.02. The fourth-order valence-corrected chi connectivity index (χ4v) is 3.46. The average Bonchev–Trinajstić information content (AvgIpc) is 3.24.